The van der Waals surface area contributed by atoms with Crippen molar-refractivity contribution in [2.45, 2.75) is 43.2 Å². The molecular formula is C14H24F3N3OS. The Kier molecular flexibility index (Phi) is 6.26. The second-order valence-electron chi connectivity index (χ2n) is 5.99. The normalized spacial score (nSPS) is 27.7. The van der Waals surface area contributed by atoms with E-state index in [-0.39, 0.29) is 18.6 Å². The lowest BCUT2D eigenvalue weighted by Gasteiger charge is -2.26. The van der Waals surface area contributed by atoms with E-state index in [1.165, 1.54) is 4.90 Å². The van der Waals surface area contributed by atoms with Gasteiger partial charge in [-0.3, -0.25) is 4.90 Å². The van der Waals surface area contributed by atoms with Crippen LogP contribution in [0.2, 0.25) is 0 Å². The van der Waals surface area contributed by atoms with E-state index < -0.39 is 12.7 Å². The van der Waals surface area contributed by atoms with Crippen LogP contribution >= 0.6 is 11.8 Å². The molecule has 0 radical (unpaired) electrons. The molecule has 1 saturated heterocycles. The van der Waals surface area contributed by atoms with Gasteiger partial charge in [-0.15, -0.1) is 0 Å². The number of hydrogen-bond acceptors (Lipinski definition) is 3. The Morgan fingerprint density at radius 1 is 1.18 bits per heavy atom. The van der Waals surface area contributed by atoms with Crippen molar-refractivity contribution in [2.75, 3.05) is 39.0 Å². The molecule has 128 valence electrons. The Hall–Kier alpha value is -0.630. The van der Waals surface area contributed by atoms with Crippen LogP contribution in [-0.2, 0) is 0 Å². The van der Waals surface area contributed by atoms with Crippen LogP contribution in [0.3, 0.4) is 0 Å². The molecule has 1 aliphatic heterocycles. The molecule has 2 atom stereocenters. The average Bonchev–Trinajstić information content (AvgIpc) is 2.74. The fourth-order valence-electron chi connectivity index (χ4n) is 3.21. The molecule has 1 aliphatic carbocycles. The Morgan fingerprint density at radius 3 is 2.64 bits per heavy atom. The SMILES string of the molecule is CSC1CCCC1NC(=O)N1CCCN(CC(F)(F)F)CC1. The Bertz CT molecular complexity index is 381. The van der Waals surface area contributed by atoms with Crippen LogP contribution < -0.4 is 5.32 Å². The lowest BCUT2D eigenvalue weighted by molar-refractivity contribution is -0.145. The minimum atomic E-state index is -4.17. The van der Waals surface area contributed by atoms with Crippen molar-refractivity contribution in [3.63, 3.8) is 0 Å². The largest absolute Gasteiger partial charge is 0.401 e. The van der Waals surface area contributed by atoms with Gasteiger partial charge < -0.3 is 10.2 Å². The number of amides is 2. The molecule has 2 rings (SSSR count). The number of urea groups is 1. The van der Waals surface area contributed by atoms with Gasteiger partial charge in [-0.2, -0.15) is 24.9 Å². The zero-order valence-corrected chi connectivity index (χ0v) is 13.7. The number of halogens is 3. The molecule has 0 aromatic carbocycles. The van der Waals surface area contributed by atoms with Crippen LogP contribution in [-0.4, -0.2) is 72.3 Å². The van der Waals surface area contributed by atoms with E-state index in [2.05, 4.69) is 11.6 Å². The van der Waals surface area contributed by atoms with Crippen molar-refractivity contribution >= 4 is 17.8 Å². The molecule has 2 unspecified atom stereocenters. The van der Waals surface area contributed by atoms with Gasteiger partial charge >= 0.3 is 12.2 Å². The number of alkyl halides is 3. The van der Waals surface area contributed by atoms with Crippen LogP contribution in [0, 0.1) is 0 Å². The van der Waals surface area contributed by atoms with Crippen molar-refractivity contribution in [3.05, 3.63) is 0 Å². The molecule has 8 heteroatoms. The fourth-order valence-corrected chi connectivity index (χ4v) is 4.14. The molecule has 4 nitrogen and oxygen atoms in total. The summed E-state index contributed by atoms with van der Waals surface area (Å²) in [7, 11) is 0. The molecule has 22 heavy (non-hydrogen) atoms. The number of carbonyl (C=O) groups is 1. The highest BCUT2D eigenvalue weighted by molar-refractivity contribution is 7.99. The Morgan fingerprint density at radius 2 is 1.95 bits per heavy atom. The van der Waals surface area contributed by atoms with Gasteiger partial charge in [-0.1, -0.05) is 6.42 Å². The first kappa shape index (κ1) is 17.7. The van der Waals surface area contributed by atoms with Crippen molar-refractivity contribution in [3.8, 4) is 0 Å². The van der Waals surface area contributed by atoms with Crippen LogP contribution in [0.4, 0.5) is 18.0 Å². The number of carbonyl (C=O) groups excluding carboxylic acids is 1. The van der Waals surface area contributed by atoms with Gasteiger partial charge in [-0.25, -0.2) is 4.79 Å². The minimum absolute atomic E-state index is 0.125. The van der Waals surface area contributed by atoms with Gasteiger partial charge in [0.25, 0.3) is 0 Å². The van der Waals surface area contributed by atoms with E-state index in [0.717, 1.165) is 19.3 Å². The van der Waals surface area contributed by atoms with Crippen molar-refractivity contribution in [1.82, 2.24) is 15.1 Å². The maximum atomic E-state index is 12.4. The van der Waals surface area contributed by atoms with Gasteiger partial charge in [-0.05, 0) is 25.5 Å². The Labute approximate surface area is 133 Å². The van der Waals surface area contributed by atoms with Gasteiger partial charge in [0, 0.05) is 37.5 Å². The third kappa shape index (κ3) is 5.22. The van der Waals surface area contributed by atoms with Gasteiger partial charge in [0.2, 0.25) is 0 Å². The molecule has 0 spiro atoms. The first-order valence-electron chi connectivity index (χ1n) is 7.76. The Balaban J connectivity index is 1.81. The number of thioether (sulfide) groups is 1. The maximum Gasteiger partial charge on any atom is 0.401 e. The highest BCUT2D eigenvalue weighted by Crippen LogP contribution is 2.28. The molecule has 1 heterocycles. The summed E-state index contributed by atoms with van der Waals surface area (Å²) in [6.45, 7) is 0.665. The highest BCUT2D eigenvalue weighted by Gasteiger charge is 2.33. The fraction of sp³-hybridized carbons (Fsp3) is 0.929. The molecule has 1 N–H and O–H groups in total. The second-order valence-corrected chi connectivity index (χ2v) is 7.07. The first-order chi connectivity index (χ1) is 10.4. The summed E-state index contributed by atoms with van der Waals surface area (Å²) >= 11 is 1.77. The predicted molar refractivity (Wildman–Crippen MR) is 82.2 cm³/mol. The van der Waals surface area contributed by atoms with Crippen molar-refractivity contribution in [2.24, 2.45) is 0 Å². The molecule has 0 bridgehead atoms. The van der Waals surface area contributed by atoms with Crippen LogP contribution in [0.25, 0.3) is 0 Å². The smallest absolute Gasteiger partial charge is 0.334 e. The standard InChI is InChI=1S/C14H24F3N3OS/c1-22-12-5-2-4-11(12)18-13(21)20-7-3-6-19(8-9-20)10-14(15,16)17/h11-12H,2-10H2,1H3,(H,18,21). The third-order valence-electron chi connectivity index (χ3n) is 4.34. The van der Waals surface area contributed by atoms with Crippen molar-refractivity contribution < 1.29 is 18.0 Å². The first-order valence-corrected chi connectivity index (χ1v) is 9.05. The zero-order chi connectivity index (χ0) is 16.2. The number of nitrogens with zero attached hydrogens (tertiary/aromatic N) is 2. The lowest BCUT2D eigenvalue weighted by atomic mass is 10.2. The van der Waals surface area contributed by atoms with E-state index in [9.17, 15) is 18.0 Å². The average molecular weight is 339 g/mol. The van der Waals surface area contributed by atoms with E-state index in [4.69, 9.17) is 0 Å². The number of hydrogen-bond donors (Lipinski definition) is 1. The van der Waals surface area contributed by atoms with E-state index in [1.54, 1.807) is 16.7 Å². The maximum absolute atomic E-state index is 12.4. The second kappa shape index (κ2) is 7.77. The van der Waals surface area contributed by atoms with Gasteiger partial charge in [0.15, 0.2) is 0 Å². The quantitative estimate of drug-likeness (QED) is 0.858. The summed E-state index contributed by atoms with van der Waals surface area (Å²) in [5, 5.41) is 3.52. The molecule has 1 saturated carbocycles. The summed E-state index contributed by atoms with van der Waals surface area (Å²) in [5.41, 5.74) is 0. The summed E-state index contributed by atoms with van der Waals surface area (Å²) < 4.78 is 37.3. The van der Waals surface area contributed by atoms with Crippen LogP contribution in [0.1, 0.15) is 25.7 Å². The molecule has 0 aromatic heterocycles. The monoisotopic (exact) mass is 339 g/mol. The van der Waals surface area contributed by atoms with Crippen LogP contribution in [0.5, 0.6) is 0 Å². The third-order valence-corrected chi connectivity index (χ3v) is 5.51. The molecule has 2 fully saturated rings. The lowest BCUT2D eigenvalue weighted by Crippen LogP contribution is -2.48. The summed E-state index contributed by atoms with van der Waals surface area (Å²) in [6.07, 6.45) is 1.69. The van der Waals surface area contributed by atoms with Gasteiger partial charge in [0.05, 0.1) is 6.54 Å². The predicted octanol–water partition coefficient (Wildman–Crippen LogP) is 2.55. The van der Waals surface area contributed by atoms with Crippen LogP contribution in [0.15, 0.2) is 0 Å². The molecule has 0 aromatic rings. The summed E-state index contributed by atoms with van der Waals surface area (Å²) in [6, 6.07) is 0.0665. The molecular weight excluding hydrogens is 315 g/mol. The van der Waals surface area contributed by atoms with E-state index in [0.29, 0.717) is 31.3 Å². The number of rotatable bonds is 3. The van der Waals surface area contributed by atoms with Gasteiger partial charge in [0.1, 0.15) is 0 Å². The van der Waals surface area contributed by atoms with E-state index >= 15 is 0 Å². The molecule has 2 amide bonds. The topological polar surface area (TPSA) is 35.6 Å². The zero-order valence-electron chi connectivity index (χ0n) is 12.9. The summed E-state index contributed by atoms with van der Waals surface area (Å²) in [5.74, 6) is 0. The van der Waals surface area contributed by atoms with Crippen molar-refractivity contribution in [1.29, 1.82) is 0 Å². The highest BCUT2D eigenvalue weighted by atomic mass is 32.2. The summed E-state index contributed by atoms with van der Waals surface area (Å²) in [4.78, 5) is 15.4. The van der Waals surface area contributed by atoms with E-state index in [1.807, 2.05) is 0 Å². The molecule has 2 aliphatic rings. The number of nitrogens with one attached hydrogen (secondary N) is 1. The minimum Gasteiger partial charge on any atom is -0.334 e.